The second-order valence-electron chi connectivity index (χ2n) is 9.46. The fourth-order valence-electron chi connectivity index (χ4n) is 5.00. The lowest BCUT2D eigenvalue weighted by Gasteiger charge is -2.27. The van der Waals surface area contributed by atoms with Gasteiger partial charge in [-0.2, -0.15) is 23.1 Å². The van der Waals surface area contributed by atoms with E-state index in [0.29, 0.717) is 29.9 Å². The van der Waals surface area contributed by atoms with Crippen LogP contribution in [0.15, 0.2) is 30.6 Å². The molecule has 0 aliphatic heterocycles. The third-order valence-corrected chi connectivity index (χ3v) is 6.99. The first-order chi connectivity index (χ1) is 16.4. The first-order valence-electron chi connectivity index (χ1n) is 12.0. The van der Waals surface area contributed by atoms with Gasteiger partial charge in [0.2, 0.25) is 5.95 Å². The molecule has 4 N–H and O–H groups in total. The summed E-state index contributed by atoms with van der Waals surface area (Å²) in [6.07, 6.45) is 5.98. The van der Waals surface area contributed by atoms with Gasteiger partial charge in [-0.3, -0.25) is 0 Å². The molecule has 0 radical (unpaired) electrons. The highest BCUT2D eigenvalue weighted by atomic mass is 19.4. The fourth-order valence-corrected chi connectivity index (χ4v) is 5.00. The van der Waals surface area contributed by atoms with Crippen LogP contribution < -0.4 is 16.4 Å². The molecule has 5 rings (SSSR count). The first-order valence-corrected chi connectivity index (χ1v) is 12.0. The Morgan fingerprint density at radius 1 is 0.971 bits per heavy atom. The van der Waals surface area contributed by atoms with Gasteiger partial charge in [-0.25, -0.2) is 4.98 Å². The number of alkyl halides is 3. The Balaban J connectivity index is 1.40. The SMILES string of the molecule is NC1CCC(Nc2nc(NCc3ccc(C(F)(F)F)cc3)c3ncn(C4CCCC4)c3n2)CC1. The Morgan fingerprint density at radius 2 is 1.68 bits per heavy atom. The highest BCUT2D eigenvalue weighted by molar-refractivity contribution is 5.84. The van der Waals surface area contributed by atoms with E-state index in [1.165, 1.54) is 25.0 Å². The highest BCUT2D eigenvalue weighted by Gasteiger charge is 2.30. The summed E-state index contributed by atoms with van der Waals surface area (Å²) in [5.41, 5.74) is 7.58. The van der Waals surface area contributed by atoms with E-state index in [-0.39, 0.29) is 12.1 Å². The zero-order valence-corrected chi connectivity index (χ0v) is 19.0. The number of anilines is 2. The topological polar surface area (TPSA) is 93.7 Å². The van der Waals surface area contributed by atoms with Crippen molar-refractivity contribution in [2.24, 2.45) is 5.73 Å². The number of nitrogens with two attached hydrogens (primary N) is 1. The van der Waals surface area contributed by atoms with Crippen LogP contribution in [-0.2, 0) is 12.7 Å². The number of benzene rings is 1. The van der Waals surface area contributed by atoms with E-state index < -0.39 is 11.7 Å². The van der Waals surface area contributed by atoms with Crippen LogP contribution in [0.5, 0.6) is 0 Å². The van der Waals surface area contributed by atoms with Crippen molar-refractivity contribution in [1.29, 1.82) is 0 Å². The van der Waals surface area contributed by atoms with Crippen LogP contribution in [0.1, 0.15) is 68.5 Å². The van der Waals surface area contributed by atoms with E-state index in [9.17, 15) is 13.2 Å². The van der Waals surface area contributed by atoms with E-state index in [2.05, 4.69) is 20.2 Å². The minimum Gasteiger partial charge on any atom is -0.364 e. The molecule has 0 atom stereocenters. The lowest BCUT2D eigenvalue weighted by molar-refractivity contribution is -0.137. The van der Waals surface area contributed by atoms with Gasteiger partial charge in [0, 0.05) is 24.7 Å². The summed E-state index contributed by atoms with van der Waals surface area (Å²) < 4.78 is 40.8. The Kier molecular flexibility index (Phi) is 6.33. The number of imidazole rings is 1. The fraction of sp³-hybridized carbons (Fsp3) is 0.542. The maximum atomic E-state index is 12.9. The van der Waals surface area contributed by atoms with Crippen molar-refractivity contribution in [3.05, 3.63) is 41.7 Å². The Hall–Kier alpha value is -2.88. The molecule has 182 valence electrons. The number of nitrogens with one attached hydrogen (secondary N) is 2. The summed E-state index contributed by atoms with van der Waals surface area (Å²) in [7, 11) is 0. The molecule has 2 aliphatic carbocycles. The molecule has 2 aliphatic rings. The monoisotopic (exact) mass is 473 g/mol. The molecule has 0 bridgehead atoms. The minimum absolute atomic E-state index is 0.256. The molecule has 2 saturated carbocycles. The van der Waals surface area contributed by atoms with Gasteiger partial charge in [0.05, 0.1) is 11.9 Å². The van der Waals surface area contributed by atoms with Gasteiger partial charge < -0.3 is 20.9 Å². The summed E-state index contributed by atoms with van der Waals surface area (Å²) in [5.74, 6) is 1.12. The lowest BCUT2D eigenvalue weighted by Crippen LogP contribution is -2.33. The van der Waals surface area contributed by atoms with Crippen LogP contribution in [0.25, 0.3) is 11.2 Å². The number of hydrogen-bond acceptors (Lipinski definition) is 6. The zero-order chi connectivity index (χ0) is 23.7. The standard InChI is InChI=1S/C24H30F3N7/c25-24(26,27)16-7-5-15(6-8-16)13-29-21-20-22(34(14-30-20)19-3-1-2-4-19)33-23(32-21)31-18-11-9-17(28)10-12-18/h5-8,14,17-19H,1-4,9-13,28H2,(H2,29,31,32,33). The summed E-state index contributed by atoms with van der Waals surface area (Å²) in [6.45, 7) is 0.332. The Bertz CT molecular complexity index is 1110. The van der Waals surface area contributed by atoms with Crippen molar-refractivity contribution >= 4 is 22.9 Å². The second kappa shape index (κ2) is 9.40. The number of aromatic nitrogens is 4. The number of fused-ring (bicyclic) bond motifs is 1. The van der Waals surface area contributed by atoms with E-state index in [4.69, 9.17) is 15.7 Å². The Morgan fingerprint density at radius 3 is 2.35 bits per heavy atom. The molecule has 0 unspecified atom stereocenters. The van der Waals surface area contributed by atoms with Crippen molar-refractivity contribution in [2.45, 2.75) is 82.2 Å². The minimum atomic E-state index is -4.35. The van der Waals surface area contributed by atoms with Crippen LogP contribution >= 0.6 is 0 Å². The van der Waals surface area contributed by atoms with E-state index in [0.717, 1.165) is 61.9 Å². The van der Waals surface area contributed by atoms with Crippen molar-refractivity contribution in [3.8, 4) is 0 Å². The van der Waals surface area contributed by atoms with Crippen molar-refractivity contribution in [3.63, 3.8) is 0 Å². The summed E-state index contributed by atoms with van der Waals surface area (Å²) in [4.78, 5) is 14.1. The average Bonchev–Trinajstić information content (AvgIpc) is 3.48. The molecule has 2 fully saturated rings. The number of hydrogen-bond donors (Lipinski definition) is 3. The van der Waals surface area contributed by atoms with E-state index >= 15 is 0 Å². The summed E-state index contributed by atoms with van der Waals surface area (Å²) in [5, 5.41) is 6.76. The third kappa shape index (κ3) is 4.96. The van der Waals surface area contributed by atoms with Gasteiger partial charge in [-0.15, -0.1) is 0 Å². The second-order valence-corrected chi connectivity index (χ2v) is 9.46. The quantitative estimate of drug-likeness (QED) is 0.453. The van der Waals surface area contributed by atoms with Crippen LogP contribution in [0, 0.1) is 0 Å². The smallest absolute Gasteiger partial charge is 0.364 e. The molecule has 34 heavy (non-hydrogen) atoms. The van der Waals surface area contributed by atoms with Crippen molar-refractivity contribution < 1.29 is 13.2 Å². The first kappa shape index (κ1) is 22.9. The maximum Gasteiger partial charge on any atom is 0.416 e. The molecule has 0 amide bonds. The zero-order valence-electron chi connectivity index (χ0n) is 19.0. The van der Waals surface area contributed by atoms with Crippen LogP contribution in [0.4, 0.5) is 24.9 Å². The average molecular weight is 474 g/mol. The van der Waals surface area contributed by atoms with Gasteiger partial charge in [-0.1, -0.05) is 25.0 Å². The van der Waals surface area contributed by atoms with Gasteiger partial charge in [0.15, 0.2) is 17.0 Å². The number of rotatable bonds is 6. The molecule has 0 saturated heterocycles. The summed E-state index contributed by atoms with van der Waals surface area (Å²) >= 11 is 0. The van der Waals surface area contributed by atoms with Crippen molar-refractivity contribution in [1.82, 2.24) is 19.5 Å². The van der Waals surface area contributed by atoms with Gasteiger partial charge in [-0.05, 0) is 56.2 Å². The Labute approximate surface area is 196 Å². The highest BCUT2D eigenvalue weighted by Crippen LogP contribution is 2.34. The molecule has 7 nitrogen and oxygen atoms in total. The lowest BCUT2D eigenvalue weighted by atomic mass is 9.92. The van der Waals surface area contributed by atoms with Crippen LogP contribution in [-0.4, -0.2) is 31.6 Å². The molecule has 2 heterocycles. The molecular formula is C24H30F3N7. The maximum absolute atomic E-state index is 12.9. The molecular weight excluding hydrogens is 443 g/mol. The molecule has 1 aromatic carbocycles. The number of halogens is 3. The predicted octanol–water partition coefficient (Wildman–Crippen LogP) is 5.25. The number of nitrogens with zero attached hydrogens (tertiary/aromatic N) is 4. The van der Waals surface area contributed by atoms with Crippen molar-refractivity contribution in [2.75, 3.05) is 10.6 Å². The predicted molar refractivity (Wildman–Crippen MR) is 125 cm³/mol. The summed E-state index contributed by atoms with van der Waals surface area (Å²) in [6, 6.07) is 6.06. The van der Waals surface area contributed by atoms with Crippen LogP contribution in [0.2, 0.25) is 0 Å². The van der Waals surface area contributed by atoms with E-state index in [1.54, 1.807) is 0 Å². The normalized spacial score (nSPS) is 21.8. The van der Waals surface area contributed by atoms with E-state index in [1.807, 2.05) is 6.33 Å². The molecule has 3 aromatic rings. The third-order valence-electron chi connectivity index (χ3n) is 6.99. The van der Waals surface area contributed by atoms with Gasteiger partial charge in [0.1, 0.15) is 0 Å². The molecule has 10 heteroatoms. The van der Waals surface area contributed by atoms with Gasteiger partial charge >= 0.3 is 6.18 Å². The molecule has 0 spiro atoms. The largest absolute Gasteiger partial charge is 0.416 e. The molecule has 2 aromatic heterocycles. The van der Waals surface area contributed by atoms with Gasteiger partial charge in [0.25, 0.3) is 0 Å². The van der Waals surface area contributed by atoms with Crippen LogP contribution in [0.3, 0.4) is 0 Å².